The minimum absolute atomic E-state index is 0.133. The van der Waals surface area contributed by atoms with E-state index in [9.17, 15) is 9.59 Å². The monoisotopic (exact) mass is 184 g/mol. The molecule has 72 valence electrons. The highest BCUT2D eigenvalue weighted by Crippen LogP contribution is 2.04. The van der Waals surface area contributed by atoms with Crippen LogP contribution in [0.25, 0.3) is 0 Å². The topological polar surface area (TPSA) is 63.6 Å². The average Bonchev–Trinajstić information content (AvgIpc) is 2.10. The van der Waals surface area contributed by atoms with E-state index in [2.05, 4.69) is 4.74 Å². The lowest BCUT2D eigenvalue weighted by molar-refractivity contribution is -0.141. The zero-order valence-electron chi connectivity index (χ0n) is 7.61. The first-order valence-corrected chi connectivity index (χ1v) is 3.73. The molecular weight excluding hydrogens is 172 g/mol. The first kappa shape index (κ1) is 11.4. The lowest BCUT2D eigenvalue weighted by Crippen LogP contribution is -2.09. The van der Waals surface area contributed by atoms with Crippen molar-refractivity contribution < 1.29 is 19.4 Å². The van der Waals surface area contributed by atoms with Gasteiger partial charge in [0.1, 0.15) is 0 Å². The Hall–Kier alpha value is -1.58. The van der Waals surface area contributed by atoms with Crippen molar-refractivity contribution in [2.24, 2.45) is 0 Å². The SMILES string of the molecule is C/C=C/C=C(\CC(=O)O)C(=O)OC. The van der Waals surface area contributed by atoms with Crippen LogP contribution in [0.1, 0.15) is 13.3 Å². The second-order valence-electron chi connectivity index (χ2n) is 2.28. The van der Waals surface area contributed by atoms with Crippen LogP contribution in [0.3, 0.4) is 0 Å². The molecule has 0 radical (unpaired) electrons. The van der Waals surface area contributed by atoms with Crippen LogP contribution in [0.2, 0.25) is 0 Å². The molecule has 0 unspecified atom stereocenters. The lowest BCUT2D eigenvalue weighted by Gasteiger charge is -2.00. The van der Waals surface area contributed by atoms with Crippen LogP contribution in [0.5, 0.6) is 0 Å². The van der Waals surface area contributed by atoms with Gasteiger partial charge in [-0.25, -0.2) is 4.79 Å². The van der Waals surface area contributed by atoms with Crippen LogP contribution in [-0.2, 0) is 14.3 Å². The zero-order valence-corrected chi connectivity index (χ0v) is 7.61. The highest BCUT2D eigenvalue weighted by Gasteiger charge is 2.12. The van der Waals surface area contributed by atoms with E-state index >= 15 is 0 Å². The van der Waals surface area contributed by atoms with Gasteiger partial charge in [0.25, 0.3) is 0 Å². The predicted molar refractivity (Wildman–Crippen MR) is 47.2 cm³/mol. The third-order valence-corrected chi connectivity index (χ3v) is 1.28. The number of hydrogen-bond donors (Lipinski definition) is 1. The smallest absolute Gasteiger partial charge is 0.334 e. The summed E-state index contributed by atoms with van der Waals surface area (Å²) in [5, 5.41) is 8.45. The second-order valence-corrected chi connectivity index (χ2v) is 2.28. The predicted octanol–water partition coefficient (Wildman–Crippen LogP) is 1.14. The van der Waals surface area contributed by atoms with Crippen molar-refractivity contribution in [2.75, 3.05) is 7.11 Å². The summed E-state index contributed by atoms with van der Waals surface area (Å²) in [6.45, 7) is 1.77. The van der Waals surface area contributed by atoms with Crippen molar-refractivity contribution in [3.63, 3.8) is 0 Å². The first-order valence-electron chi connectivity index (χ1n) is 3.73. The maximum absolute atomic E-state index is 11.0. The molecule has 0 aliphatic carbocycles. The number of rotatable bonds is 4. The number of ether oxygens (including phenoxy) is 1. The molecule has 0 aromatic carbocycles. The molecule has 0 rings (SSSR count). The summed E-state index contributed by atoms with van der Waals surface area (Å²) in [7, 11) is 1.22. The Kier molecular flexibility index (Phi) is 5.27. The van der Waals surface area contributed by atoms with E-state index in [1.54, 1.807) is 19.1 Å². The molecular formula is C9H12O4. The Morgan fingerprint density at radius 1 is 1.46 bits per heavy atom. The molecule has 0 saturated carbocycles. The van der Waals surface area contributed by atoms with Crippen molar-refractivity contribution in [3.8, 4) is 0 Å². The molecule has 0 amide bonds. The third-order valence-electron chi connectivity index (χ3n) is 1.28. The summed E-state index contributed by atoms with van der Waals surface area (Å²) in [6.07, 6.45) is 4.40. The summed E-state index contributed by atoms with van der Waals surface area (Å²) in [4.78, 5) is 21.3. The number of carboxylic acid groups (broad SMARTS) is 1. The van der Waals surface area contributed by atoms with E-state index in [0.717, 1.165) is 0 Å². The maximum atomic E-state index is 11.0. The molecule has 4 heteroatoms. The van der Waals surface area contributed by atoms with Crippen LogP contribution in [0.15, 0.2) is 23.8 Å². The first-order chi connectivity index (χ1) is 6.11. The van der Waals surface area contributed by atoms with Gasteiger partial charge in [-0.05, 0) is 6.92 Å². The van der Waals surface area contributed by atoms with Gasteiger partial charge in [-0.2, -0.15) is 0 Å². The largest absolute Gasteiger partial charge is 0.481 e. The molecule has 0 spiro atoms. The molecule has 13 heavy (non-hydrogen) atoms. The van der Waals surface area contributed by atoms with E-state index in [1.807, 2.05) is 0 Å². The molecule has 0 saturated heterocycles. The molecule has 0 bridgehead atoms. The Balaban J connectivity index is 4.54. The number of carbonyl (C=O) groups is 2. The van der Waals surface area contributed by atoms with Crippen LogP contribution in [0, 0.1) is 0 Å². The number of hydrogen-bond acceptors (Lipinski definition) is 3. The fraction of sp³-hybridized carbons (Fsp3) is 0.333. The number of aliphatic carboxylic acids is 1. The summed E-state index contributed by atoms with van der Waals surface area (Å²) >= 11 is 0. The standard InChI is InChI=1S/C9H12O4/c1-3-4-5-7(6-8(10)11)9(12)13-2/h3-5H,6H2,1-2H3,(H,10,11)/b4-3+,7-5+. The summed E-state index contributed by atoms with van der Waals surface area (Å²) < 4.78 is 4.41. The van der Waals surface area contributed by atoms with Gasteiger partial charge in [-0.1, -0.05) is 18.2 Å². The van der Waals surface area contributed by atoms with Crippen molar-refractivity contribution in [1.82, 2.24) is 0 Å². The maximum Gasteiger partial charge on any atom is 0.334 e. The number of carboxylic acids is 1. The summed E-state index contributed by atoms with van der Waals surface area (Å²) in [5.74, 6) is -1.67. The van der Waals surface area contributed by atoms with Gasteiger partial charge in [-0.15, -0.1) is 0 Å². The number of allylic oxidation sites excluding steroid dienone is 3. The fourth-order valence-electron chi connectivity index (χ4n) is 0.706. The van der Waals surface area contributed by atoms with Crippen LogP contribution < -0.4 is 0 Å². The van der Waals surface area contributed by atoms with Crippen molar-refractivity contribution in [2.45, 2.75) is 13.3 Å². The molecule has 4 nitrogen and oxygen atoms in total. The second kappa shape index (κ2) is 5.99. The molecule has 0 aromatic rings. The molecule has 0 aromatic heterocycles. The van der Waals surface area contributed by atoms with Gasteiger partial charge >= 0.3 is 11.9 Å². The van der Waals surface area contributed by atoms with Crippen molar-refractivity contribution in [3.05, 3.63) is 23.8 Å². The minimum atomic E-state index is -1.05. The highest BCUT2D eigenvalue weighted by molar-refractivity contribution is 5.93. The number of esters is 1. The van der Waals surface area contributed by atoms with E-state index in [4.69, 9.17) is 5.11 Å². The van der Waals surface area contributed by atoms with Crippen LogP contribution in [-0.4, -0.2) is 24.2 Å². The van der Waals surface area contributed by atoms with E-state index < -0.39 is 11.9 Å². The van der Waals surface area contributed by atoms with Gasteiger partial charge < -0.3 is 9.84 Å². The molecule has 0 aliphatic heterocycles. The summed E-state index contributed by atoms with van der Waals surface area (Å²) in [6, 6.07) is 0. The molecule has 0 atom stereocenters. The minimum Gasteiger partial charge on any atom is -0.481 e. The van der Waals surface area contributed by atoms with E-state index in [0.29, 0.717) is 0 Å². The lowest BCUT2D eigenvalue weighted by atomic mass is 10.2. The molecule has 0 heterocycles. The average molecular weight is 184 g/mol. The quantitative estimate of drug-likeness (QED) is 0.404. The number of methoxy groups -OCH3 is 1. The Bertz CT molecular complexity index is 250. The van der Waals surface area contributed by atoms with Gasteiger partial charge in [0, 0.05) is 5.57 Å². The third kappa shape index (κ3) is 4.79. The Morgan fingerprint density at radius 2 is 2.08 bits per heavy atom. The Labute approximate surface area is 76.5 Å². The molecule has 1 N–H and O–H groups in total. The van der Waals surface area contributed by atoms with Crippen molar-refractivity contribution >= 4 is 11.9 Å². The zero-order chi connectivity index (χ0) is 10.3. The van der Waals surface area contributed by atoms with E-state index in [-0.39, 0.29) is 12.0 Å². The summed E-state index contributed by atoms with van der Waals surface area (Å²) in [5.41, 5.74) is 0.133. The van der Waals surface area contributed by atoms with Crippen molar-refractivity contribution in [1.29, 1.82) is 0 Å². The van der Waals surface area contributed by atoms with E-state index in [1.165, 1.54) is 13.2 Å². The highest BCUT2D eigenvalue weighted by atomic mass is 16.5. The fourth-order valence-corrected chi connectivity index (χ4v) is 0.706. The van der Waals surface area contributed by atoms with Crippen LogP contribution in [0.4, 0.5) is 0 Å². The number of carbonyl (C=O) groups excluding carboxylic acids is 1. The molecule has 0 aliphatic rings. The van der Waals surface area contributed by atoms with Crippen LogP contribution >= 0.6 is 0 Å². The van der Waals surface area contributed by atoms with Gasteiger partial charge in [0.15, 0.2) is 0 Å². The molecule has 0 fully saturated rings. The van der Waals surface area contributed by atoms with Gasteiger partial charge in [0.2, 0.25) is 0 Å². The normalized spacial score (nSPS) is 11.7. The van der Waals surface area contributed by atoms with Gasteiger partial charge in [-0.3, -0.25) is 4.79 Å². The Morgan fingerprint density at radius 3 is 2.46 bits per heavy atom. The van der Waals surface area contributed by atoms with Gasteiger partial charge in [0.05, 0.1) is 13.5 Å².